The molecular formula is C15H18N2O3S2. The van der Waals surface area contributed by atoms with E-state index >= 15 is 0 Å². The van der Waals surface area contributed by atoms with Crippen LogP contribution in [0.25, 0.3) is 9.88 Å². The van der Waals surface area contributed by atoms with E-state index in [2.05, 4.69) is 4.98 Å². The third kappa shape index (κ3) is 3.38. The van der Waals surface area contributed by atoms with Crippen LogP contribution < -0.4 is 0 Å². The summed E-state index contributed by atoms with van der Waals surface area (Å²) in [5, 5.41) is 14.1. The van der Waals surface area contributed by atoms with Gasteiger partial charge in [0.1, 0.15) is 5.01 Å². The van der Waals surface area contributed by atoms with Crippen molar-refractivity contribution in [3.8, 4) is 9.88 Å². The van der Waals surface area contributed by atoms with Crippen LogP contribution in [0.3, 0.4) is 0 Å². The summed E-state index contributed by atoms with van der Waals surface area (Å²) in [6, 6.07) is 4.06. The molecule has 1 aliphatic heterocycles. The number of amides is 1. The van der Waals surface area contributed by atoms with Gasteiger partial charge in [0.05, 0.1) is 42.4 Å². The smallest absolute Gasteiger partial charge is 0.229 e. The van der Waals surface area contributed by atoms with E-state index in [9.17, 15) is 9.90 Å². The van der Waals surface area contributed by atoms with Crippen molar-refractivity contribution in [2.75, 3.05) is 19.8 Å². The number of nitrogens with zero attached hydrogens (tertiary/aromatic N) is 2. The van der Waals surface area contributed by atoms with E-state index in [1.54, 1.807) is 27.6 Å². The number of rotatable bonds is 4. The molecule has 0 aliphatic carbocycles. The van der Waals surface area contributed by atoms with Crippen molar-refractivity contribution in [2.24, 2.45) is 0 Å². The van der Waals surface area contributed by atoms with Crippen molar-refractivity contribution >= 4 is 28.6 Å². The van der Waals surface area contributed by atoms with E-state index in [1.807, 2.05) is 29.8 Å². The monoisotopic (exact) mass is 338 g/mol. The molecule has 5 nitrogen and oxygen atoms in total. The van der Waals surface area contributed by atoms with Gasteiger partial charge in [-0.15, -0.1) is 22.7 Å². The zero-order chi connectivity index (χ0) is 15.5. The standard InChI is InChI=1S/C15H18N2O3S2/c1-10-8-20-12(7-18)6-17(10)14(19)5-11-9-22-15(16-11)13-3-2-4-21-13/h2-4,9-10,12,18H,5-8H2,1H3. The van der Waals surface area contributed by atoms with Gasteiger partial charge in [-0.3, -0.25) is 4.79 Å². The van der Waals surface area contributed by atoms with Crippen molar-refractivity contribution in [3.63, 3.8) is 0 Å². The Morgan fingerprint density at radius 3 is 3.14 bits per heavy atom. The van der Waals surface area contributed by atoms with Crippen LogP contribution >= 0.6 is 22.7 Å². The number of morpholine rings is 1. The van der Waals surface area contributed by atoms with Crippen LogP contribution in [0.4, 0.5) is 0 Å². The highest BCUT2D eigenvalue weighted by molar-refractivity contribution is 7.20. The first-order valence-electron chi connectivity index (χ1n) is 7.17. The van der Waals surface area contributed by atoms with Gasteiger partial charge in [-0.25, -0.2) is 4.98 Å². The molecule has 0 spiro atoms. The highest BCUT2D eigenvalue weighted by Gasteiger charge is 2.29. The molecule has 1 fully saturated rings. The van der Waals surface area contributed by atoms with Crippen molar-refractivity contribution in [3.05, 3.63) is 28.6 Å². The number of aromatic nitrogens is 1. The molecule has 7 heteroatoms. The Labute approximate surface area is 137 Å². The summed E-state index contributed by atoms with van der Waals surface area (Å²) in [6.45, 7) is 2.81. The van der Waals surface area contributed by atoms with Crippen LogP contribution in [0.1, 0.15) is 12.6 Å². The fourth-order valence-electron chi connectivity index (χ4n) is 2.43. The molecule has 1 saturated heterocycles. The predicted molar refractivity (Wildman–Crippen MR) is 87.1 cm³/mol. The van der Waals surface area contributed by atoms with Crippen molar-refractivity contribution in [1.29, 1.82) is 0 Å². The first-order valence-corrected chi connectivity index (χ1v) is 8.93. The Hall–Kier alpha value is -1.28. The Morgan fingerprint density at radius 1 is 1.55 bits per heavy atom. The molecular weight excluding hydrogens is 320 g/mol. The van der Waals surface area contributed by atoms with E-state index in [1.165, 1.54) is 0 Å². The topological polar surface area (TPSA) is 62.7 Å². The molecule has 0 radical (unpaired) electrons. The van der Waals surface area contributed by atoms with Crippen molar-refractivity contribution in [2.45, 2.75) is 25.5 Å². The molecule has 0 aromatic carbocycles. The SMILES string of the molecule is CC1COC(CO)CN1C(=O)Cc1csc(-c2cccs2)n1. The van der Waals surface area contributed by atoms with Gasteiger partial charge in [-0.1, -0.05) is 6.07 Å². The zero-order valence-corrected chi connectivity index (χ0v) is 13.9. The summed E-state index contributed by atoms with van der Waals surface area (Å²) in [5.41, 5.74) is 0.803. The number of ether oxygens (including phenoxy) is 1. The molecule has 0 bridgehead atoms. The highest BCUT2D eigenvalue weighted by atomic mass is 32.1. The fraction of sp³-hybridized carbons (Fsp3) is 0.467. The maximum absolute atomic E-state index is 12.5. The summed E-state index contributed by atoms with van der Waals surface area (Å²) in [4.78, 5) is 20.0. The second kappa shape index (κ2) is 6.87. The van der Waals surface area contributed by atoms with Crippen LogP contribution in [0.5, 0.6) is 0 Å². The Bertz CT molecular complexity index is 627. The van der Waals surface area contributed by atoms with Crippen LogP contribution in [0.2, 0.25) is 0 Å². The van der Waals surface area contributed by atoms with E-state index in [0.717, 1.165) is 15.6 Å². The average Bonchev–Trinajstić information content (AvgIpc) is 3.18. The number of aliphatic hydroxyl groups excluding tert-OH is 1. The number of thiazole rings is 1. The summed E-state index contributed by atoms with van der Waals surface area (Å²) >= 11 is 3.21. The van der Waals surface area contributed by atoms with Gasteiger partial charge < -0.3 is 14.7 Å². The summed E-state index contributed by atoms with van der Waals surface area (Å²) in [6.07, 6.45) is 0.0157. The maximum atomic E-state index is 12.5. The molecule has 2 atom stereocenters. The quantitative estimate of drug-likeness (QED) is 0.926. The van der Waals surface area contributed by atoms with Gasteiger partial charge in [-0.05, 0) is 18.4 Å². The van der Waals surface area contributed by atoms with Crippen molar-refractivity contribution < 1.29 is 14.6 Å². The van der Waals surface area contributed by atoms with Crippen molar-refractivity contribution in [1.82, 2.24) is 9.88 Å². The molecule has 2 unspecified atom stereocenters. The number of hydrogen-bond donors (Lipinski definition) is 1. The molecule has 118 valence electrons. The lowest BCUT2D eigenvalue weighted by Crippen LogP contribution is -2.52. The Morgan fingerprint density at radius 2 is 2.41 bits per heavy atom. The normalized spacial score (nSPS) is 22.0. The molecule has 2 aromatic rings. The van der Waals surface area contributed by atoms with Gasteiger partial charge in [-0.2, -0.15) is 0 Å². The van der Waals surface area contributed by atoms with Gasteiger partial charge in [0.15, 0.2) is 0 Å². The number of aliphatic hydroxyl groups is 1. The minimum atomic E-state index is -0.280. The van der Waals surface area contributed by atoms with E-state index < -0.39 is 0 Å². The summed E-state index contributed by atoms with van der Waals surface area (Å²) < 4.78 is 5.47. The summed E-state index contributed by atoms with van der Waals surface area (Å²) in [5.74, 6) is 0.0391. The Balaban J connectivity index is 1.66. The van der Waals surface area contributed by atoms with Crippen LogP contribution in [0, 0.1) is 0 Å². The predicted octanol–water partition coefficient (Wildman–Crippen LogP) is 2.02. The lowest BCUT2D eigenvalue weighted by Gasteiger charge is -2.37. The van der Waals surface area contributed by atoms with E-state index in [-0.39, 0.29) is 24.7 Å². The first kappa shape index (κ1) is 15.6. The molecule has 1 aliphatic rings. The Kier molecular flexibility index (Phi) is 4.87. The number of carbonyl (C=O) groups excluding carboxylic acids is 1. The second-order valence-electron chi connectivity index (χ2n) is 5.33. The molecule has 22 heavy (non-hydrogen) atoms. The molecule has 2 aromatic heterocycles. The van der Waals surface area contributed by atoms with Crippen LogP contribution in [-0.4, -0.2) is 52.8 Å². The van der Waals surface area contributed by atoms with Crippen LogP contribution in [0.15, 0.2) is 22.9 Å². The highest BCUT2D eigenvalue weighted by Crippen LogP contribution is 2.28. The minimum Gasteiger partial charge on any atom is -0.394 e. The third-order valence-electron chi connectivity index (χ3n) is 3.65. The molecule has 0 saturated carbocycles. The van der Waals surface area contributed by atoms with Gasteiger partial charge in [0.25, 0.3) is 0 Å². The molecule has 1 amide bonds. The number of hydrogen-bond acceptors (Lipinski definition) is 6. The maximum Gasteiger partial charge on any atom is 0.229 e. The van der Waals surface area contributed by atoms with Crippen LogP contribution in [-0.2, 0) is 16.0 Å². The third-order valence-corrected chi connectivity index (χ3v) is 5.58. The average molecular weight is 338 g/mol. The van der Waals surface area contributed by atoms with E-state index in [0.29, 0.717) is 19.6 Å². The fourth-order valence-corrected chi connectivity index (χ4v) is 4.07. The van der Waals surface area contributed by atoms with Gasteiger partial charge >= 0.3 is 0 Å². The first-order chi connectivity index (χ1) is 10.7. The molecule has 1 N–H and O–H groups in total. The van der Waals surface area contributed by atoms with Gasteiger partial charge in [0, 0.05) is 11.9 Å². The lowest BCUT2D eigenvalue weighted by molar-refractivity contribution is -0.145. The van der Waals surface area contributed by atoms with E-state index in [4.69, 9.17) is 4.74 Å². The molecule has 3 heterocycles. The largest absolute Gasteiger partial charge is 0.394 e. The molecule has 3 rings (SSSR count). The number of thiophene rings is 1. The zero-order valence-electron chi connectivity index (χ0n) is 12.3. The summed E-state index contributed by atoms with van der Waals surface area (Å²) in [7, 11) is 0. The van der Waals surface area contributed by atoms with Gasteiger partial charge in [0.2, 0.25) is 5.91 Å². The minimum absolute atomic E-state index is 0.0331. The number of carbonyl (C=O) groups is 1. The lowest BCUT2D eigenvalue weighted by atomic mass is 10.1. The second-order valence-corrected chi connectivity index (χ2v) is 7.14.